The zero-order chi connectivity index (χ0) is 17.4. The van der Waals surface area contributed by atoms with E-state index in [2.05, 4.69) is 29.6 Å². The van der Waals surface area contributed by atoms with Gasteiger partial charge in [0, 0.05) is 24.6 Å². The Morgan fingerprint density at radius 3 is 2.00 bits per heavy atom. The van der Waals surface area contributed by atoms with Gasteiger partial charge in [0.2, 0.25) is 11.8 Å². The largest absolute Gasteiger partial charge is 0.492 e. The fraction of sp³-hybridized carbons (Fsp3) is 0.105. The molecule has 0 saturated heterocycles. The Balaban J connectivity index is 1.52. The molecule has 6 heteroatoms. The second-order valence-corrected chi connectivity index (χ2v) is 5.83. The number of amides is 1. The normalized spacial score (nSPS) is 12.5. The predicted octanol–water partition coefficient (Wildman–Crippen LogP) is 2.85. The van der Waals surface area contributed by atoms with Gasteiger partial charge in [0.15, 0.2) is 0 Å². The molecule has 1 aliphatic carbocycles. The number of aromatic hydroxyl groups is 2. The molecule has 0 saturated carbocycles. The molecule has 1 heterocycles. The van der Waals surface area contributed by atoms with E-state index in [1.807, 2.05) is 24.3 Å². The maximum atomic E-state index is 12.0. The van der Waals surface area contributed by atoms with Crippen LogP contribution in [0.25, 0.3) is 11.1 Å². The second kappa shape index (κ2) is 5.90. The van der Waals surface area contributed by atoms with Gasteiger partial charge >= 0.3 is 6.09 Å². The molecule has 3 N–H and O–H groups in total. The number of fused-ring (bicyclic) bond motifs is 3. The van der Waals surface area contributed by atoms with Crippen molar-refractivity contribution in [2.45, 2.75) is 5.92 Å². The second-order valence-electron chi connectivity index (χ2n) is 5.83. The van der Waals surface area contributed by atoms with Gasteiger partial charge in [-0.05, 0) is 22.3 Å². The van der Waals surface area contributed by atoms with E-state index in [1.165, 1.54) is 23.3 Å². The SMILES string of the molecule is O=C(NCC1c2ccccc2-c2ccccc21)On1c(O)ccc1O. The van der Waals surface area contributed by atoms with E-state index in [9.17, 15) is 15.0 Å². The molecule has 3 aromatic rings. The Hall–Kier alpha value is -3.41. The number of nitrogens with zero attached hydrogens (tertiary/aromatic N) is 1. The van der Waals surface area contributed by atoms with E-state index in [0.29, 0.717) is 11.3 Å². The van der Waals surface area contributed by atoms with Crippen molar-refractivity contribution in [3.8, 4) is 22.9 Å². The van der Waals surface area contributed by atoms with Crippen molar-refractivity contribution in [1.29, 1.82) is 0 Å². The van der Waals surface area contributed by atoms with Crippen LogP contribution < -0.4 is 10.2 Å². The van der Waals surface area contributed by atoms with Crippen LogP contribution in [0.1, 0.15) is 17.0 Å². The fourth-order valence-corrected chi connectivity index (χ4v) is 3.28. The summed E-state index contributed by atoms with van der Waals surface area (Å²) in [6, 6.07) is 18.7. The molecule has 1 aromatic heterocycles. The zero-order valence-corrected chi connectivity index (χ0v) is 13.2. The monoisotopic (exact) mass is 336 g/mol. The van der Waals surface area contributed by atoms with Gasteiger partial charge in [-0.25, -0.2) is 4.79 Å². The number of benzene rings is 2. The van der Waals surface area contributed by atoms with Crippen molar-refractivity contribution in [3.05, 3.63) is 71.8 Å². The Morgan fingerprint density at radius 2 is 1.44 bits per heavy atom. The Bertz CT molecular complexity index is 883. The summed E-state index contributed by atoms with van der Waals surface area (Å²) in [5, 5.41) is 21.7. The average Bonchev–Trinajstić information content (AvgIpc) is 3.12. The molecule has 126 valence electrons. The smallest absolute Gasteiger partial charge is 0.432 e. The number of rotatable bonds is 3. The summed E-state index contributed by atoms with van der Waals surface area (Å²) in [7, 11) is 0. The molecule has 0 radical (unpaired) electrons. The van der Waals surface area contributed by atoms with Gasteiger partial charge in [-0.3, -0.25) is 0 Å². The molecule has 4 rings (SSSR count). The van der Waals surface area contributed by atoms with Crippen LogP contribution in [0.4, 0.5) is 4.79 Å². The highest BCUT2D eigenvalue weighted by Crippen LogP contribution is 2.44. The van der Waals surface area contributed by atoms with E-state index in [-0.39, 0.29) is 17.7 Å². The molecule has 2 aromatic carbocycles. The highest BCUT2D eigenvalue weighted by Gasteiger charge is 2.28. The van der Waals surface area contributed by atoms with Gasteiger partial charge in [0.25, 0.3) is 0 Å². The molecular formula is C19H16N2O4. The summed E-state index contributed by atoms with van der Waals surface area (Å²) >= 11 is 0. The standard InChI is InChI=1S/C19H16N2O4/c22-17-9-10-18(23)21(17)25-19(24)20-11-16-14-7-3-1-5-12(14)13-6-2-4-8-15(13)16/h1-10,16,22-23H,11H2,(H,20,24). The van der Waals surface area contributed by atoms with Crippen molar-refractivity contribution >= 4 is 6.09 Å². The number of hydrogen-bond acceptors (Lipinski definition) is 4. The van der Waals surface area contributed by atoms with E-state index in [0.717, 1.165) is 11.1 Å². The molecular weight excluding hydrogens is 320 g/mol. The summed E-state index contributed by atoms with van der Waals surface area (Å²) in [6.45, 7) is 0.343. The van der Waals surface area contributed by atoms with E-state index in [4.69, 9.17) is 4.84 Å². The average molecular weight is 336 g/mol. The van der Waals surface area contributed by atoms with Crippen LogP contribution in [-0.2, 0) is 0 Å². The quantitative estimate of drug-likeness (QED) is 0.687. The summed E-state index contributed by atoms with van der Waals surface area (Å²) in [4.78, 5) is 16.9. The molecule has 0 fully saturated rings. The summed E-state index contributed by atoms with van der Waals surface area (Å²) in [6.07, 6.45) is -0.760. The number of carbonyl (C=O) groups excluding carboxylic acids is 1. The van der Waals surface area contributed by atoms with Crippen LogP contribution in [0.2, 0.25) is 0 Å². The minimum Gasteiger partial charge on any atom is -0.492 e. The van der Waals surface area contributed by atoms with E-state index < -0.39 is 6.09 Å². The van der Waals surface area contributed by atoms with Gasteiger partial charge in [0.1, 0.15) is 0 Å². The van der Waals surface area contributed by atoms with E-state index in [1.54, 1.807) is 0 Å². The maximum Gasteiger partial charge on any atom is 0.432 e. The van der Waals surface area contributed by atoms with Gasteiger partial charge in [-0.1, -0.05) is 48.5 Å². The lowest BCUT2D eigenvalue weighted by Crippen LogP contribution is -2.34. The molecule has 0 atom stereocenters. The van der Waals surface area contributed by atoms with Crippen LogP contribution in [-0.4, -0.2) is 27.6 Å². The number of nitrogens with one attached hydrogen (secondary N) is 1. The molecule has 0 unspecified atom stereocenters. The van der Waals surface area contributed by atoms with Gasteiger partial charge < -0.3 is 20.4 Å². The molecule has 0 aliphatic heterocycles. The molecule has 25 heavy (non-hydrogen) atoms. The van der Waals surface area contributed by atoms with Gasteiger partial charge in [0.05, 0.1) is 0 Å². The Kier molecular flexibility index (Phi) is 3.57. The van der Waals surface area contributed by atoms with E-state index >= 15 is 0 Å². The van der Waals surface area contributed by atoms with Gasteiger partial charge in [-0.2, -0.15) is 0 Å². The third kappa shape index (κ3) is 2.57. The third-order valence-corrected chi connectivity index (χ3v) is 4.38. The first-order valence-electron chi connectivity index (χ1n) is 7.89. The first-order chi connectivity index (χ1) is 12.1. The number of aromatic nitrogens is 1. The zero-order valence-electron chi connectivity index (χ0n) is 13.2. The maximum absolute atomic E-state index is 12.0. The first-order valence-corrected chi connectivity index (χ1v) is 7.89. The lowest BCUT2D eigenvalue weighted by atomic mass is 9.97. The van der Waals surface area contributed by atoms with Crippen LogP contribution in [0, 0.1) is 0 Å². The number of carbonyl (C=O) groups is 1. The topological polar surface area (TPSA) is 83.7 Å². The lowest BCUT2D eigenvalue weighted by Gasteiger charge is -2.15. The third-order valence-electron chi connectivity index (χ3n) is 4.38. The van der Waals surface area contributed by atoms with Crippen LogP contribution in [0.5, 0.6) is 11.8 Å². The summed E-state index contributed by atoms with van der Waals surface area (Å²) in [5.41, 5.74) is 4.63. The summed E-state index contributed by atoms with van der Waals surface area (Å²) in [5.74, 6) is -0.694. The van der Waals surface area contributed by atoms with Gasteiger partial charge in [-0.15, -0.1) is 4.73 Å². The van der Waals surface area contributed by atoms with Crippen molar-refractivity contribution in [2.75, 3.05) is 6.54 Å². The molecule has 1 aliphatic rings. The summed E-state index contributed by atoms with van der Waals surface area (Å²) < 4.78 is 0.659. The predicted molar refractivity (Wildman–Crippen MR) is 91.5 cm³/mol. The van der Waals surface area contributed by atoms with Crippen molar-refractivity contribution in [3.63, 3.8) is 0 Å². The Labute approximate surface area is 143 Å². The molecule has 6 nitrogen and oxygen atoms in total. The lowest BCUT2D eigenvalue weighted by molar-refractivity contribution is 0.108. The van der Waals surface area contributed by atoms with Crippen molar-refractivity contribution < 1.29 is 19.8 Å². The molecule has 1 amide bonds. The van der Waals surface area contributed by atoms with Crippen LogP contribution in [0.15, 0.2) is 60.7 Å². The molecule has 0 bridgehead atoms. The first kappa shape index (κ1) is 15.1. The minimum absolute atomic E-state index is 0.0202. The van der Waals surface area contributed by atoms with Crippen LogP contribution in [0.3, 0.4) is 0 Å². The Morgan fingerprint density at radius 1 is 0.920 bits per heavy atom. The molecule has 0 spiro atoms. The van der Waals surface area contributed by atoms with Crippen molar-refractivity contribution in [2.24, 2.45) is 0 Å². The fourth-order valence-electron chi connectivity index (χ4n) is 3.28. The van der Waals surface area contributed by atoms with Crippen molar-refractivity contribution in [1.82, 2.24) is 10.0 Å². The number of hydrogen-bond donors (Lipinski definition) is 3. The highest BCUT2D eigenvalue weighted by molar-refractivity contribution is 5.79. The minimum atomic E-state index is -0.760. The van der Waals surface area contributed by atoms with Crippen LogP contribution >= 0.6 is 0 Å². The highest BCUT2D eigenvalue weighted by atomic mass is 16.7.